The fourth-order valence-corrected chi connectivity index (χ4v) is 2.58. The van der Waals surface area contributed by atoms with Crippen molar-refractivity contribution in [3.63, 3.8) is 0 Å². The minimum atomic E-state index is 0. The van der Waals surface area contributed by atoms with E-state index < -0.39 is 0 Å². The van der Waals surface area contributed by atoms with E-state index >= 15 is 0 Å². The highest BCUT2D eigenvalue weighted by Crippen LogP contribution is 2.15. The van der Waals surface area contributed by atoms with E-state index in [-0.39, 0.29) is 24.0 Å². The third-order valence-corrected chi connectivity index (χ3v) is 3.85. The molecular formula is C17H24ClIN4O. The zero-order valence-corrected chi connectivity index (χ0v) is 17.3. The Kier molecular flexibility index (Phi) is 9.13. The molecule has 24 heavy (non-hydrogen) atoms. The molecule has 1 aromatic heterocycles. The number of hydrogen-bond donors (Lipinski definition) is 2. The summed E-state index contributed by atoms with van der Waals surface area (Å²) in [5.74, 6) is 1.66. The predicted molar refractivity (Wildman–Crippen MR) is 109 cm³/mol. The van der Waals surface area contributed by atoms with Crippen LogP contribution in [-0.2, 0) is 25.9 Å². The van der Waals surface area contributed by atoms with E-state index in [0.717, 1.165) is 46.4 Å². The molecule has 2 aromatic rings. The zero-order valence-electron chi connectivity index (χ0n) is 14.2. The maximum absolute atomic E-state index is 6.00. The van der Waals surface area contributed by atoms with Crippen molar-refractivity contribution in [3.05, 3.63) is 51.9 Å². The van der Waals surface area contributed by atoms with Crippen molar-refractivity contribution in [1.82, 2.24) is 15.8 Å². The Labute approximate surface area is 165 Å². The predicted octanol–water partition coefficient (Wildman–Crippen LogP) is 3.94. The summed E-state index contributed by atoms with van der Waals surface area (Å²) in [6.07, 6.45) is 1.69. The minimum Gasteiger partial charge on any atom is -0.361 e. The SMILES string of the molecule is CCc1noc(CC)c1CNC(=NC)NCc1cccc(Cl)c1.I. The Balaban J connectivity index is 0.00000288. The van der Waals surface area contributed by atoms with Gasteiger partial charge in [-0.1, -0.05) is 42.7 Å². The van der Waals surface area contributed by atoms with Crippen molar-refractivity contribution < 1.29 is 4.52 Å². The molecule has 0 aliphatic rings. The van der Waals surface area contributed by atoms with E-state index in [2.05, 4.69) is 34.6 Å². The third kappa shape index (κ3) is 5.66. The van der Waals surface area contributed by atoms with Gasteiger partial charge in [-0.05, 0) is 24.1 Å². The van der Waals surface area contributed by atoms with Gasteiger partial charge in [-0.15, -0.1) is 24.0 Å². The summed E-state index contributed by atoms with van der Waals surface area (Å²) in [6, 6.07) is 7.76. The van der Waals surface area contributed by atoms with E-state index in [1.807, 2.05) is 24.3 Å². The highest BCUT2D eigenvalue weighted by molar-refractivity contribution is 14.0. The van der Waals surface area contributed by atoms with E-state index in [1.54, 1.807) is 7.05 Å². The number of benzene rings is 1. The number of hydrogen-bond acceptors (Lipinski definition) is 3. The summed E-state index contributed by atoms with van der Waals surface area (Å²) < 4.78 is 5.38. The van der Waals surface area contributed by atoms with Crippen LogP contribution >= 0.6 is 35.6 Å². The van der Waals surface area contributed by atoms with Gasteiger partial charge in [-0.2, -0.15) is 0 Å². The van der Waals surface area contributed by atoms with Crippen LogP contribution in [0.25, 0.3) is 0 Å². The normalized spacial score (nSPS) is 11.1. The second-order valence-electron chi connectivity index (χ2n) is 5.15. The van der Waals surface area contributed by atoms with Gasteiger partial charge in [0.2, 0.25) is 0 Å². The lowest BCUT2D eigenvalue weighted by atomic mass is 10.1. The number of guanidine groups is 1. The maximum atomic E-state index is 6.00. The number of halogens is 2. The smallest absolute Gasteiger partial charge is 0.191 e. The number of rotatable bonds is 6. The highest BCUT2D eigenvalue weighted by Gasteiger charge is 2.13. The number of nitrogens with one attached hydrogen (secondary N) is 2. The number of aryl methyl sites for hydroxylation is 2. The summed E-state index contributed by atoms with van der Waals surface area (Å²) in [7, 11) is 1.75. The zero-order chi connectivity index (χ0) is 16.7. The lowest BCUT2D eigenvalue weighted by molar-refractivity contribution is 0.380. The largest absolute Gasteiger partial charge is 0.361 e. The molecule has 0 aliphatic heterocycles. The molecule has 0 bridgehead atoms. The molecule has 0 saturated carbocycles. The molecule has 0 fully saturated rings. The van der Waals surface area contributed by atoms with Crippen molar-refractivity contribution in [1.29, 1.82) is 0 Å². The van der Waals surface area contributed by atoms with Gasteiger partial charge in [0.25, 0.3) is 0 Å². The Morgan fingerprint density at radius 1 is 1.21 bits per heavy atom. The van der Waals surface area contributed by atoms with Gasteiger partial charge in [0.1, 0.15) is 5.76 Å². The quantitative estimate of drug-likeness (QED) is 0.388. The second-order valence-corrected chi connectivity index (χ2v) is 5.58. The molecule has 2 rings (SSSR count). The maximum Gasteiger partial charge on any atom is 0.191 e. The van der Waals surface area contributed by atoms with Gasteiger partial charge < -0.3 is 15.2 Å². The van der Waals surface area contributed by atoms with Crippen molar-refractivity contribution in [3.8, 4) is 0 Å². The van der Waals surface area contributed by atoms with Crippen molar-refractivity contribution >= 4 is 41.5 Å². The fourth-order valence-electron chi connectivity index (χ4n) is 2.36. The van der Waals surface area contributed by atoms with E-state index in [9.17, 15) is 0 Å². The molecule has 0 amide bonds. The first kappa shape index (κ1) is 20.8. The first-order chi connectivity index (χ1) is 11.2. The van der Waals surface area contributed by atoms with Crippen molar-refractivity contribution in [2.45, 2.75) is 39.8 Å². The number of aliphatic imine (C=N–C) groups is 1. The molecule has 2 N–H and O–H groups in total. The van der Waals surface area contributed by atoms with Crippen LogP contribution in [0.5, 0.6) is 0 Å². The first-order valence-corrected chi connectivity index (χ1v) is 8.20. The monoisotopic (exact) mass is 462 g/mol. The molecular weight excluding hydrogens is 439 g/mol. The molecule has 0 aliphatic carbocycles. The molecule has 1 heterocycles. The van der Waals surface area contributed by atoms with Crippen LogP contribution in [0.2, 0.25) is 5.02 Å². The average molecular weight is 463 g/mol. The van der Waals surface area contributed by atoms with Gasteiger partial charge in [-0.25, -0.2) is 0 Å². The highest BCUT2D eigenvalue weighted by atomic mass is 127. The summed E-state index contributed by atoms with van der Waals surface area (Å²) in [5.41, 5.74) is 3.23. The molecule has 0 spiro atoms. The molecule has 7 heteroatoms. The van der Waals surface area contributed by atoms with E-state index in [4.69, 9.17) is 16.1 Å². The molecule has 5 nitrogen and oxygen atoms in total. The summed E-state index contributed by atoms with van der Waals surface area (Å²) >= 11 is 6.00. The average Bonchev–Trinajstić information content (AvgIpc) is 2.97. The van der Waals surface area contributed by atoms with Crippen LogP contribution in [0.4, 0.5) is 0 Å². The van der Waals surface area contributed by atoms with Crippen molar-refractivity contribution in [2.24, 2.45) is 4.99 Å². The van der Waals surface area contributed by atoms with Crippen LogP contribution in [0, 0.1) is 0 Å². The molecule has 0 atom stereocenters. The van der Waals surface area contributed by atoms with Crippen molar-refractivity contribution in [2.75, 3.05) is 7.05 Å². The number of nitrogens with zero attached hydrogens (tertiary/aromatic N) is 2. The molecule has 1 aromatic carbocycles. The van der Waals surface area contributed by atoms with Crippen LogP contribution < -0.4 is 10.6 Å². The van der Waals surface area contributed by atoms with Gasteiger partial charge in [0.05, 0.1) is 5.69 Å². The fraction of sp³-hybridized carbons (Fsp3) is 0.412. The topological polar surface area (TPSA) is 62.5 Å². The Hall–Kier alpha value is -1.28. The van der Waals surface area contributed by atoms with E-state index in [1.165, 1.54) is 0 Å². The van der Waals surface area contributed by atoms with E-state index in [0.29, 0.717) is 13.1 Å². The van der Waals surface area contributed by atoms with Gasteiger partial charge in [0.15, 0.2) is 5.96 Å². The van der Waals surface area contributed by atoms with Crippen LogP contribution in [0.1, 0.15) is 36.4 Å². The minimum absolute atomic E-state index is 0. The molecule has 132 valence electrons. The summed E-state index contributed by atoms with van der Waals surface area (Å²) in [6.45, 7) is 5.44. The lowest BCUT2D eigenvalue weighted by Crippen LogP contribution is -2.36. The van der Waals surface area contributed by atoms with Gasteiger partial charge >= 0.3 is 0 Å². The summed E-state index contributed by atoms with van der Waals surface area (Å²) in [5, 5.41) is 11.4. The van der Waals surface area contributed by atoms with Crippen LogP contribution in [0.3, 0.4) is 0 Å². The summed E-state index contributed by atoms with van der Waals surface area (Å²) in [4.78, 5) is 4.25. The Morgan fingerprint density at radius 2 is 1.96 bits per heavy atom. The second kappa shape index (κ2) is 10.6. The Bertz CT molecular complexity index is 651. The number of aromatic nitrogens is 1. The third-order valence-electron chi connectivity index (χ3n) is 3.61. The first-order valence-electron chi connectivity index (χ1n) is 7.83. The van der Waals surface area contributed by atoms with Crippen LogP contribution in [-0.4, -0.2) is 18.2 Å². The standard InChI is InChI=1S/C17H23ClN4O.HI/c1-4-15-14(16(5-2)23-22-15)11-21-17(19-3)20-10-12-7-6-8-13(18)9-12;/h6-9H,4-5,10-11H2,1-3H3,(H2,19,20,21);1H. The molecule has 0 unspecified atom stereocenters. The van der Waals surface area contributed by atoms with Gasteiger partial charge in [-0.3, -0.25) is 4.99 Å². The molecule has 0 saturated heterocycles. The molecule has 0 radical (unpaired) electrons. The van der Waals surface area contributed by atoms with Crippen LogP contribution in [0.15, 0.2) is 33.8 Å². The lowest BCUT2D eigenvalue weighted by Gasteiger charge is -2.12. The Morgan fingerprint density at radius 3 is 2.58 bits per heavy atom. The van der Waals surface area contributed by atoms with Gasteiger partial charge in [0, 0.05) is 37.1 Å².